The average molecular weight is 401 g/mol. The van der Waals surface area contributed by atoms with Gasteiger partial charge in [0.25, 0.3) is 5.91 Å². The van der Waals surface area contributed by atoms with E-state index < -0.39 is 0 Å². The van der Waals surface area contributed by atoms with E-state index >= 15 is 0 Å². The van der Waals surface area contributed by atoms with Gasteiger partial charge in [-0.1, -0.05) is 36.4 Å². The minimum atomic E-state index is -0.0319. The van der Waals surface area contributed by atoms with E-state index in [1.54, 1.807) is 6.20 Å². The third-order valence-corrected chi connectivity index (χ3v) is 6.45. The molecule has 2 unspecified atom stereocenters. The standard InChI is InChI=1S/C25H28N4O/c1-2-26-25(30)23-8-5-11-27-24(23)29-16-21-14-28(15-22(21)17-29)13-18-9-10-19-6-3-4-7-20(19)12-18/h3-12,21-22H,2,13-17H2,1H3,(H,26,30). The van der Waals surface area contributed by atoms with Gasteiger partial charge in [-0.05, 0) is 53.3 Å². The molecule has 0 radical (unpaired) electrons. The number of carbonyl (C=O) groups excluding carboxylic acids is 1. The van der Waals surface area contributed by atoms with Crippen LogP contribution in [0.4, 0.5) is 5.82 Å². The number of nitrogens with one attached hydrogen (secondary N) is 1. The molecule has 30 heavy (non-hydrogen) atoms. The molecule has 2 aliphatic rings. The van der Waals surface area contributed by atoms with Crippen LogP contribution in [0.25, 0.3) is 10.8 Å². The Labute approximate surface area is 177 Å². The molecule has 5 nitrogen and oxygen atoms in total. The minimum absolute atomic E-state index is 0.0319. The lowest BCUT2D eigenvalue weighted by Crippen LogP contribution is -2.31. The molecule has 5 heteroatoms. The summed E-state index contributed by atoms with van der Waals surface area (Å²) in [4.78, 5) is 21.9. The Bertz CT molecular complexity index is 1050. The number of amides is 1. The van der Waals surface area contributed by atoms with Gasteiger partial charge < -0.3 is 10.2 Å². The molecule has 3 heterocycles. The third kappa shape index (κ3) is 3.65. The van der Waals surface area contributed by atoms with Crippen molar-refractivity contribution in [3.05, 3.63) is 71.9 Å². The predicted octanol–water partition coefficient (Wildman–Crippen LogP) is 3.55. The summed E-state index contributed by atoms with van der Waals surface area (Å²) in [5, 5.41) is 5.52. The van der Waals surface area contributed by atoms with Crippen molar-refractivity contribution in [3.63, 3.8) is 0 Å². The number of pyridine rings is 1. The van der Waals surface area contributed by atoms with E-state index in [2.05, 4.69) is 62.6 Å². The Kier molecular flexibility index (Phi) is 5.13. The second-order valence-corrected chi connectivity index (χ2v) is 8.53. The fourth-order valence-electron chi connectivity index (χ4n) is 5.07. The van der Waals surface area contributed by atoms with Gasteiger partial charge in [-0.3, -0.25) is 9.69 Å². The van der Waals surface area contributed by atoms with Crippen molar-refractivity contribution in [1.29, 1.82) is 0 Å². The topological polar surface area (TPSA) is 48.5 Å². The monoisotopic (exact) mass is 400 g/mol. The molecule has 2 saturated heterocycles. The molecular formula is C25H28N4O. The molecule has 5 rings (SSSR count). The van der Waals surface area contributed by atoms with Gasteiger partial charge in [-0.2, -0.15) is 0 Å². The number of hydrogen-bond acceptors (Lipinski definition) is 4. The molecular weight excluding hydrogens is 372 g/mol. The van der Waals surface area contributed by atoms with Crippen molar-refractivity contribution in [1.82, 2.24) is 15.2 Å². The number of fused-ring (bicyclic) bond motifs is 2. The van der Waals surface area contributed by atoms with Crippen LogP contribution in [-0.2, 0) is 6.54 Å². The van der Waals surface area contributed by atoms with Gasteiger partial charge in [0, 0.05) is 45.5 Å². The van der Waals surface area contributed by atoms with Crippen LogP contribution in [0.5, 0.6) is 0 Å². The minimum Gasteiger partial charge on any atom is -0.355 e. The largest absolute Gasteiger partial charge is 0.355 e. The van der Waals surface area contributed by atoms with Crippen molar-refractivity contribution in [2.75, 3.05) is 37.6 Å². The first kappa shape index (κ1) is 19.1. The first-order valence-electron chi connectivity index (χ1n) is 10.9. The molecule has 1 amide bonds. The molecule has 3 aromatic rings. The molecule has 0 bridgehead atoms. The highest BCUT2D eigenvalue weighted by Gasteiger charge is 2.41. The van der Waals surface area contributed by atoms with E-state index in [0.29, 0.717) is 23.9 Å². The van der Waals surface area contributed by atoms with E-state index in [1.807, 2.05) is 19.1 Å². The first-order valence-corrected chi connectivity index (χ1v) is 10.9. The van der Waals surface area contributed by atoms with Crippen molar-refractivity contribution in [2.24, 2.45) is 11.8 Å². The molecule has 0 saturated carbocycles. The normalized spacial score (nSPS) is 21.2. The summed E-state index contributed by atoms with van der Waals surface area (Å²) >= 11 is 0. The van der Waals surface area contributed by atoms with Crippen molar-refractivity contribution >= 4 is 22.5 Å². The fraction of sp³-hybridized carbons (Fsp3) is 0.360. The van der Waals surface area contributed by atoms with E-state index in [1.165, 1.54) is 16.3 Å². The Morgan fingerprint density at radius 3 is 2.53 bits per heavy atom. The van der Waals surface area contributed by atoms with Crippen molar-refractivity contribution < 1.29 is 4.79 Å². The quantitative estimate of drug-likeness (QED) is 0.712. The van der Waals surface area contributed by atoms with Gasteiger partial charge in [0.1, 0.15) is 5.82 Å². The summed E-state index contributed by atoms with van der Waals surface area (Å²) in [5.74, 6) is 2.07. The maximum atomic E-state index is 12.4. The maximum Gasteiger partial charge on any atom is 0.255 e. The van der Waals surface area contributed by atoms with Crippen LogP contribution in [0, 0.1) is 11.8 Å². The summed E-state index contributed by atoms with van der Waals surface area (Å²) < 4.78 is 0. The molecule has 154 valence electrons. The second kappa shape index (κ2) is 8.07. The third-order valence-electron chi connectivity index (χ3n) is 6.45. The van der Waals surface area contributed by atoms with Gasteiger partial charge in [0.15, 0.2) is 0 Å². The number of benzene rings is 2. The number of likely N-dealkylation sites (tertiary alicyclic amines) is 1. The number of carbonyl (C=O) groups is 1. The predicted molar refractivity (Wildman–Crippen MR) is 121 cm³/mol. The number of nitrogens with zero attached hydrogens (tertiary/aromatic N) is 3. The summed E-state index contributed by atoms with van der Waals surface area (Å²) in [7, 11) is 0. The maximum absolute atomic E-state index is 12.4. The number of anilines is 1. The molecule has 1 N–H and O–H groups in total. The van der Waals surface area contributed by atoms with Crippen LogP contribution < -0.4 is 10.2 Å². The molecule has 0 aliphatic carbocycles. The van der Waals surface area contributed by atoms with Gasteiger partial charge >= 0.3 is 0 Å². The zero-order valence-corrected chi connectivity index (χ0v) is 17.4. The summed E-state index contributed by atoms with van der Waals surface area (Å²) in [6, 6.07) is 19.1. The van der Waals surface area contributed by atoms with Crippen LogP contribution in [0.1, 0.15) is 22.8 Å². The summed E-state index contributed by atoms with van der Waals surface area (Å²) in [6.07, 6.45) is 1.79. The van der Waals surface area contributed by atoms with Crippen LogP contribution in [0.2, 0.25) is 0 Å². The molecule has 2 aromatic carbocycles. The second-order valence-electron chi connectivity index (χ2n) is 8.53. The number of hydrogen-bond donors (Lipinski definition) is 1. The van der Waals surface area contributed by atoms with E-state index in [4.69, 9.17) is 0 Å². The zero-order chi connectivity index (χ0) is 20.5. The highest BCUT2D eigenvalue weighted by Crippen LogP contribution is 2.35. The van der Waals surface area contributed by atoms with Crippen LogP contribution in [0.15, 0.2) is 60.8 Å². The summed E-state index contributed by atoms with van der Waals surface area (Å²) in [6.45, 7) is 7.74. The van der Waals surface area contributed by atoms with E-state index in [-0.39, 0.29) is 5.91 Å². The SMILES string of the molecule is CCNC(=O)c1cccnc1N1CC2CN(Cc3ccc4ccccc4c3)CC2C1. The highest BCUT2D eigenvalue weighted by atomic mass is 16.1. The van der Waals surface area contributed by atoms with E-state index in [0.717, 1.165) is 38.5 Å². The van der Waals surface area contributed by atoms with E-state index in [9.17, 15) is 4.79 Å². The van der Waals surface area contributed by atoms with Crippen LogP contribution in [-0.4, -0.2) is 48.5 Å². The lowest BCUT2D eigenvalue weighted by molar-refractivity contribution is 0.0956. The number of aromatic nitrogens is 1. The van der Waals surface area contributed by atoms with Gasteiger partial charge in [0.05, 0.1) is 5.56 Å². The highest BCUT2D eigenvalue weighted by molar-refractivity contribution is 5.98. The smallest absolute Gasteiger partial charge is 0.255 e. The molecule has 2 fully saturated rings. The van der Waals surface area contributed by atoms with Gasteiger partial charge in [0.2, 0.25) is 0 Å². The lowest BCUT2D eigenvalue weighted by Gasteiger charge is -2.24. The van der Waals surface area contributed by atoms with Crippen molar-refractivity contribution in [2.45, 2.75) is 13.5 Å². The van der Waals surface area contributed by atoms with Gasteiger partial charge in [-0.25, -0.2) is 4.98 Å². The van der Waals surface area contributed by atoms with Crippen molar-refractivity contribution in [3.8, 4) is 0 Å². The summed E-state index contributed by atoms with van der Waals surface area (Å²) in [5.41, 5.74) is 2.07. The fourth-order valence-corrected chi connectivity index (χ4v) is 5.07. The molecule has 2 atom stereocenters. The van der Waals surface area contributed by atoms with Crippen LogP contribution in [0.3, 0.4) is 0 Å². The molecule has 1 aromatic heterocycles. The van der Waals surface area contributed by atoms with Gasteiger partial charge in [-0.15, -0.1) is 0 Å². The Morgan fingerprint density at radius 2 is 1.77 bits per heavy atom. The zero-order valence-electron chi connectivity index (χ0n) is 17.4. The Hall–Kier alpha value is -2.92. The number of rotatable bonds is 5. The lowest BCUT2D eigenvalue weighted by atomic mass is 10.0. The molecule has 0 spiro atoms. The molecule has 2 aliphatic heterocycles. The van der Waals surface area contributed by atoms with Crippen LogP contribution >= 0.6 is 0 Å². The Morgan fingerprint density at radius 1 is 1.00 bits per heavy atom. The Balaban J connectivity index is 1.25. The average Bonchev–Trinajstić information content (AvgIpc) is 3.32. The first-order chi connectivity index (χ1) is 14.7.